The monoisotopic (exact) mass is 238 g/mol. The number of hydrogen-bond acceptors (Lipinski definition) is 5. The van der Waals surface area contributed by atoms with Gasteiger partial charge in [0.05, 0.1) is 5.02 Å². The molecule has 76 valence electrons. The average Bonchev–Trinajstić information content (AvgIpc) is 2.25. The lowest BCUT2D eigenvalue weighted by molar-refractivity contribution is 1.05. The van der Waals surface area contributed by atoms with E-state index in [1.54, 1.807) is 30.7 Å². The molecule has 0 aromatic carbocycles. The maximum atomic E-state index is 5.72. The van der Waals surface area contributed by atoms with Crippen LogP contribution in [0.4, 0.5) is 5.82 Å². The Morgan fingerprint density at radius 2 is 1.93 bits per heavy atom. The Hall–Kier alpha value is -1.33. The normalized spacial score (nSPS) is 10.2. The highest BCUT2D eigenvalue weighted by Crippen LogP contribution is 2.27. The highest BCUT2D eigenvalue weighted by Gasteiger charge is 2.04. The Bertz CT molecular complexity index is 460. The summed E-state index contributed by atoms with van der Waals surface area (Å²) in [6.45, 7) is 0. The highest BCUT2D eigenvalue weighted by molar-refractivity contribution is 7.99. The van der Waals surface area contributed by atoms with Crippen LogP contribution in [0.25, 0.3) is 0 Å². The fourth-order valence-corrected chi connectivity index (χ4v) is 1.76. The molecular formula is C9H7ClN4S. The lowest BCUT2D eigenvalue weighted by atomic mass is 10.5. The molecule has 2 N–H and O–H groups in total. The first kappa shape index (κ1) is 10.2. The zero-order valence-corrected chi connectivity index (χ0v) is 9.16. The molecule has 0 saturated heterocycles. The predicted octanol–water partition coefficient (Wildman–Crippen LogP) is 2.26. The number of nitrogen functional groups attached to an aromatic ring is 1. The van der Waals surface area contributed by atoms with Crippen LogP contribution in [0.5, 0.6) is 0 Å². The maximum Gasteiger partial charge on any atom is 0.156 e. The highest BCUT2D eigenvalue weighted by atomic mass is 35.5. The second-order valence-corrected chi connectivity index (χ2v) is 4.11. The molecule has 2 aromatic heterocycles. The van der Waals surface area contributed by atoms with Crippen LogP contribution in [0.2, 0.25) is 5.02 Å². The lowest BCUT2D eigenvalue weighted by Crippen LogP contribution is -1.94. The summed E-state index contributed by atoms with van der Waals surface area (Å²) in [6.07, 6.45) is 4.72. The van der Waals surface area contributed by atoms with Gasteiger partial charge in [0.1, 0.15) is 10.1 Å². The van der Waals surface area contributed by atoms with Gasteiger partial charge in [0.2, 0.25) is 0 Å². The van der Waals surface area contributed by atoms with Gasteiger partial charge in [0.25, 0.3) is 0 Å². The molecule has 6 heteroatoms. The predicted molar refractivity (Wildman–Crippen MR) is 59.8 cm³/mol. The third-order valence-electron chi connectivity index (χ3n) is 1.59. The molecule has 0 fully saturated rings. The number of rotatable bonds is 2. The van der Waals surface area contributed by atoms with Crippen molar-refractivity contribution in [1.29, 1.82) is 0 Å². The minimum absolute atomic E-state index is 0.402. The molecule has 2 rings (SSSR count). The minimum atomic E-state index is 0.402. The smallest absolute Gasteiger partial charge is 0.156 e. The molecule has 0 aliphatic heterocycles. The van der Waals surface area contributed by atoms with Crippen molar-refractivity contribution in [3.63, 3.8) is 0 Å². The molecule has 0 atom stereocenters. The largest absolute Gasteiger partial charge is 0.381 e. The fraction of sp³-hybridized carbons (Fsp3) is 0. The van der Waals surface area contributed by atoms with Crippen molar-refractivity contribution in [2.24, 2.45) is 0 Å². The van der Waals surface area contributed by atoms with Gasteiger partial charge in [-0.1, -0.05) is 11.6 Å². The first-order valence-corrected chi connectivity index (χ1v) is 5.31. The van der Waals surface area contributed by atoms with E-state index in [9.17, 15) is 0 Å². The fourth-order valence-electron chi connectivity index (χ4n) is 0.936. The summed E-state index contributed by atoms with van der Waals surface area (Å²) in [4.78, 5) is 12.2. The second-order valence-electron chi connectivity index (χ2n) is 2.66. The van der Waals surface area contributed by atoms with Gasteiger partial charge < -0.3 is 5.73 Å². The van der Waals surface area contributed by atoms with Gasteiger partial charge in [-0.05, 0) is 23.9 Å². The summed E-state index contributed by atoms with van der Waals surface area (Å²) in [7, 11) is 0. The summed E-state index contributed by atoms with van der Waals surface area (Å²) < 4.78 is 0. The number of halogens is 1. The van der Waals surface area contributed by atoms with Gasteiger partial charge >= 0.3 is 0 Å². The number of anilines is 1. The van der Waals surface area contributed by atoms with Crippen LogP contribution in [0.15, 0.2) is 40.8 Å². The average molecular weight is 239 g/mol. The third kappa shape index (κ3) is 2.57. The molecular weight excluding hydrogens is 232 g/mol. The molecule has 0 unspecified atom stereocenters. The number of hydrogen-bond donors (Lipinski definition) is 1. The summed E-state index contributed by atoms with van der Waals surface area (Å²) in [5, 5.41) is 2.03. The van der Waals surface area contributed by atoms with Gasteiger partial charge in [-0.3, -0.25) is 0 Å². The van der Waals surface area contributed by atoms with Crippen LogP contribution in [-0.4, -0.2) is 15.0 Å². The van der Waals surface area contributed by atoms with Crippen LogP contribution in [0.1, 0.15) is 0 Å². The zero-order valence-electron chi connectivity index (χ0n) is 7.59. The molecule has 0 saturated carbocycles. The Balaban J connectivity index is 2.22. The van der Waals surface area contributed by atoms with Gasteiger partial charge in [0.15, 0.2) is 5.82 Å². The van der Waals surface area contributed by atoms with Crippen molar-refractivity contribution >= 4 is 29.2 Å². The number of pyridine rings is 1. The molecule has 0 bridgehead atoms. The van der Waals surface area contributed by atoms with Crippen molar-refractivity contribution in [1.82, 2.24) is 15.0 Å². The van der Waals surface area contributed by atoms with Crippen LogP contribution < -0.4 is 5.73 Å². The first-order chi connectivity index (χ1) is 7.25. The van der Waals surface area contributed by atoms with E-state index in [0.29, 0.717) is 15.9 Å². The molecule has 0 aliphatic carbocycles. The van der Waals surface area contributed by atoms with Crippen LogP contribution in [-0.2, 0) is 0 Å². The quantitative estimate of drug-likeness (QED) is 0.870. The Kier molecular flexibility index (Phi) is 3.03. The Morgan fingerprint density at radius 1 is 1.13 bits per heavy atom. The van der Waals surface area contributed by atoms with Crippen molar-refractivity contribution < 1.29 is 0 Å². The van der Waals surface area contributed by atoms with Crippen LogP contribution in [0.3, 0.4) is 0 Å². The molecule has 0 radical (unpaired) electrons. The van der Waals surface area contributed by atoms with Gasteiger partial charge in [-0.15, -0.1) is 0 Å². The van der Waals surface area contributed by atoms with Gasteiger partial charge in [-0.2, -0.15) is 0 Å². The number of nitrogens with zero attached hydrogens (tertiary/aromatic N) is 3. The van der Waals surface area contributed by atoms with Crippen molar-refractivity contribution in [2.75, 3.05) is 5.73 Å². The molecule has 15 heavy (non-hydrogen) atoms. The van der Waals surface area contributed by atoms with E-state index in [1.807, 2.05) is 0 Å². The van der Waals surface area contributed by atoms with Crippen molar-refractivity contribution in [3.05, 3.63) is 35.7 Å². The summed E-state index contributed by atoms with van der Waals surface area (Å²) in [5.74, 6) is 0.402. The maximum absolute atomic E-state index is 5.72. The molecule has 0 aliphatic rings. The number of nitrogens with two attached hydrogens (primary N) is 1. The second kappa shape index (κ2) is 4.46. The standard InChI is InChI=1S/C9H7ClN4S/c10-6-1-2-7(14-5-6)15-9-8(11)12-3-4-13-9/h1-5H,(H2,11,12). The van der Waals surface area contributed by atoms with Crippen molar-refractivity contribution in [2.45, 2.75) is 10.1 Å². The van der Waals surface area contributed by atoms with E-state index in [-0.39, 0.29) is 0 Å². The molecule has 2 heterocycles. The topological polar surface area (TPSA) is 64.7 Å². The van der Waals surface area contributed by atoms with E-state index in [2.05, 4.69) is 15.0 Å². The zero-order chi connectivity index (χ0) is 10.7. The van der Waals surface area contributed by atoms with Crippen LogP contribution >= 0.6 is 23.4 Å². The van der Waals surface area contributed by atoms with Crippen LogP contribution in [0, 0.1) is 0 Å². The van der Waals surface area contributed by atoms with E-state index in [1.165, 1.54) is 11.8 Å². The number of aromatic nitrogens is 3. The van der Waals surface area contributed by atoms with Gasteiger partial charge in [-0.25, -0.2) is 15.0 Å². The summed E-state index contributed by atoms with van der Waals surface area (Å²) in [5.41, 5.74) is 5.65. The van der Waals surface area contributed by atoms with Gasteiger partial charge in [0, 0.05) is 18.6 Å². The Labute approximate surface area is 95.9 Å². The molecule has 4 nitrogen and oxygen atoms in total. The molecule has 0 spiro atoms. The summed E-state index contributed by atoms with van der Waals surface area (Å²) >= 11 is 7.08. The third-order valence-corrected chi connectivity index (χ3v) is 2.77. The molecule has 0 amide bonds. The minimum Gasteiger partial charge on any atom is -0.381 e. The van der Waals surface area contributed by atoms with E-state index < -0.39 is 0 Å². The van der Waals surface area contributed by atoms with E-state index in [4.69, 9.17) is 17.3 Å². The molecule has 2 aromatic rings. The Morgan fingerprint density at radius 3 is 2.60 bits per heavy atom. The SMILES string of the molecule is Nc1nccnc1Sc1ccc(Cl)cn1. The summed E-state index contributed by atoms with van der Waals surface area (Å²) in [6, 6.07) is 3.57. The van der Waals surface area contributed by atoms with E-state index >= 15 is 0 Å². The van der Waals surface area contributed by atoms with E-state index in [0.717, 1.165) is 5.03 Å². The first-order valence-electron chi connectivity index (χ1n) is 4.11. The lowest BCUT2D eigenvalue weighted by Gasteiger charge is -2.01. The van der Waals surface area contributed by atoms with Crippen molar-refractivity contribution in [3.8, 4) is 0 Å².